The van der Waals surface area contributed by atoms with Crippen LogP contribution in [0.15, 0.2) is 24.3 Å². The molecule has 2 N–H and O–H groups in total. The van der Waals surface area contributed by atoms with Crippen LogP contribution in [0.25, 0.3) is 0 Å². The maximum Gasteiger partial charge on any atom is 0.166 e. The van der Waals surface area contributed by atoms with Gasteiger partial charge in [0.1, 0.15) is 0 Å². The highest BCUT2D eigenvalue weighted by atomic mass is 32.1. The minimum absolute atomic E-state index is 0.204. The third-order valence-corrected chi connectivity index (χ3v) is 3.48. The molecule has 0 aliphatic carbocycles. The molecule has 0 spiro atoms. The predicted molar refractivity (Wildman–Crippen MR) is 82.7 cm³/mol. The lowest BCUT2D eigenvalue weighted by atomic mass is 9.88. The Bertz CT molecular complexity index is 390. The Kier molecular flexibility index (Phi) is 5.15. The van der Waals surface area contributed by atoms with Crippen molar-refractivity contribution in [1.29, 1.82) is 0 Å². The first-order valence-corrected chi connectivity index (χ1v) is 6.80. The lowest BCUT2D eigenvalue weighted by Crippen LogP contribution is -2.45. The maximum absolute atomic E-state index is 5.30. The third kappa shape index (κ3) is 5.05. The summed E-state index contributed by atoms with van der Waals surface area (Å²) in [5.41, 5.74) is 2.73. The van der Waals surface area contributed by atoms with Gasteiger partial charge < -0.3 is 10.6 Å². The van der Waals surface area contributed by atoms with Crippen LogP contribution in [0.2, 0.25) is 0 Å². The van der Waals surface area contributed by atoms with Gasteiger partial charge in [-0.3, -0.25) is 0 Å². The molecular formula is C15H24N2S. The van der Waals surface area contributed by atoms with Crippen LogP contribution >= 0.6 is 12.2 Å². The minimum atomic E-state index is 0.204. The van der Waals surface area contributed by atoms with Crippen molar-refractivity contribution in [2.45, 2.75) is 47.2 Å². The van der Waals surface area contributed by atoms with Crippen molar-refractivity contribution in [1.82, 2.24) is 10.6 Å². The smallest absolute Gasteiger partial charge is 0.166 e. The summed E-state index contributed by atoms with van der Waals surface area (Å²) >= 11 is 5.30. The fourth-order valence-corrected chi connectivity index (χ4v) is 1.60. The van der Waals surface area contributed by atoms with Gasteiger partial charge in [-0.05, 0) is 37.0 Å². The first kappa shape index (κ1) is 15.0. The second-order valence-electron chi connectivity index (χ2n) is 5.90. The highest BCUT2D eigenvalue weighted by molar-refractivity contribution is 7.80. The fraction of sp³-hybridized carbons (Fsp3) is 0.533. The van der Waals surface area contributed by atoms with E-state index in [0.717, 1.165) is 11.7 Å². The average molecular weight is 264 g/mol. The van der Waals surface area contributed by atoms with Crippen LogP contribution in [0.1, 0.15) is 38.8 Å². The van der Waals surface area contributed by atoms with Crippen molar-refractivity contribution < 1.29 is 0 Å². The number of hydrogen-bond donors (Lipinski definition) is 2. The zero-order chi connectivity index (χ0) is 13.8. The van der Waals surface area contributed by atoms with Crippen LogP contribution in [0.4, 0.5) is 0 Å². The zero-order valence-electron chi connectivity index (χ0n) is 12.0. The number of aryl methyl sites for hydroxylation is 1. The topological polar surface area (TPSA) is 24.1 Å². The lowest BCUT2D eigenvalue weighted by Gasteiger charge is -2.29. The van der Waals surface area contributed by atoms with Crippen LogP contribution in [0.5, 0.6) is 0 Å². The van der Waals surface area contributed by atoms with Crippen molar-refractivity contribution in [2.24, 2.45) is 5.41 Å². The molecule has 0 radical (unpaired) electrons. The summed E-state index contributed by atoms with van der Waals surface area (Å²) < 4.78 is 0. The van der Waals surface area contributed by atoms with Gasteiger partial charge in [-0.15, -0.1) is 0 Å². The van der Waals surface area contributed by atoms with E-state index in [1.165, 1.54) is 11.1 Å². The van der Waals surface area contributed by atoms with Gasteiger partial charge in [0.2, 0.25) is 0 Å². The van der Waals surface area contributed by atoms with E-state index in [1.54, 1.807) is 0 Å². The molecule has 0 heterocycles. The quantitative estimate of drug-likeness (QED) is 0.818. The summed E-state index contributed by atoms with van der Waals surface area (Å²) in [6.45, 7) is 11.6. The molecule has 0 aliphatic rings. The van der Waals surface area contributed by atoms with Crippen LogP contribution < -0.4 is 10.6 Å². The molecule has 0 fully saturated rings. The highest BCUT2D eigenvalue weighted by Crippen LogP contribution is 2.18. The van der Waals surface area contributed by atoms with Gasteiger partial charge in [-0.1, -0.05) is 50.6 Å². The number of rotatable bonds is 3. The van der Waals surface area contributed by atoms with Crippen molar-refractivity contribution >= 4 is 17.3 Å². The Morgan fingerprint density at radius 2 is 1.78 bits per heavy atom. The number of thiocarbonyl (C=S) groups is 1. The molecule has 0 saturated carbocycles. The van der Waals surface area contributed by atoms with Gasteiger partial charge in [0.15, 0.2) is 5.11 Å². The molecule has 1 rings (SSSR count). The maximum atomic E-state index is 5.30. The normalized spacial score (nSPS) is 12.9. The fourth-order valence-electron chi connectivity index (χ4n) is 1.35. The number of nitrogens with one attached hydrogen (secondary N) is 2. The Morgan fingerprint density at radius 3 is 2.28 bits per heavy atom. The molecule has 18 heavy (non-hydrogen) atoms. The van der Waals surface area contributed by atoms with Crippen molar-refractivity contribution in [3.8, 4) is 0 Å². The summed E-state index contributed by atoms with van der Waals surface area (Å²) in [5, 5.41) is 7.28. The van der Waals surface area contributed by atoms with E-state index in [4.69, 9.17) is 12.2 Å². The number of benzene rings is 1. The van der Waals surface area contributed by atoms with Gasteiger partial charge in [-0.2, -0.15) is 0 Å². The van der Waals surface area contributed by atoms with E-state index < -0.39 is 0 Å². The minimum Gasteiger partial charge on any atom is -0.360 e. The molecule has 0 aromatic heterocycles. The Hall–Kier alpha value is -1.09. The van der Waals surface area contributed by atoms with Crippen LogP contribution in [-0.4, -0.2) is 11.2 Å². The standard InChI is InChI=1S/C15H24N2S/c1-11-6-8-13(9-7-11)10-16-14(18)17-12(2)15(3,4)5/h6-9,12H,10H2,1-5H3,(H2,16,17,18). The van der Waals surface area contributed by atoms with Gasteiger partial charge in [0.25, 0.3) is 0 Å². The molecule has 0 bridgehead atoms. The van der Waals surface area contributed by atoms with Crippen molar-refractivity contribution in [3.63, 3.8) is 0 Å². The second kappa shape index (κ2) is 6.19. The van der Waals surface area contributed by atoms with E-state index in [1.807, 2.05) is 0 Å². The molecule has 3 heteroatoms. The van der Waals surface area contributed by atoms with E-state index >= 15 is 0 Å². The van der Waals surface area contributed by atoms with Gasteiger partial charge in [0.05, 0.1) is 0 Å². The molecule has 1 aromatic carbocycles. The Labute approximate surface area is 116 Å². The SMILES string of the molecule is Cc1ccc(CNC(=S)NC(C)C(C)(C)C)cc1. The molecule has 0 amide bonds. The van der Waals surface area contributed by atoms with E-state index in [-0.39, 0.29) is 5.41 Å². The first-order chi connectivity index (χ1) is 8.29. The van der Waals surface area contributed by atoms with Gasteiger partial charge in [-0.25, -0.2) is 0 Å². The first-order valence-electron chi connectivity index (χ1n) is 6.39. The van der Waals surface area contributed by atoms with Crippen LogP contribution in [0, 0.1) is 12.3 Å². The monoisotopic (exact) mass is 264 g/mol. The molecule has 1 aromatic rings. The van der Waals surface area contributed by atoms with Gasteiger partial charge >= 0.3 is 0 Å². The van der Waals surface area contributed by atoms with E-state index in [9.17, 15) is 0 Å². The second-order valence-corrected chi connectivity index (χ2v) is 6.31. The summed E-state index contributed by atoms with van der Waals surface area (Å²) in [6, 6.07) is 8.82. The summed E-state index contributed by atoms with van der Waals surface area (Å²) in [7, 11) is 0. The molecule has 2 nitrogen and oxygen atoms in total. The summed E-state index contributed by atoms with van der Waals surface area (Å²) in [6.07, 6.45) is 0. The molecule has 1 atom stereocenters. The number of hydrogen-bond acceptors (Lipinski definition) is 1. The Morgan fingerprint density at radius 1 is 1.22 bits per heavy atom. The molecule has 1 unspecified atom stereocenters. The van der Waals surface area contributed by atoms with Crippen LogP contribution in [0.3, 0.4) is 0 Å². The van der Waals surface area contributed by atoms with Gasteiger partial charge in [0, 0.05) is 12.6 Å². The summed E-state index contributed by atoms with van der Waals surface area (Å²) in [4.78, 5) is 0. The Balaban J connectivity index is 2.40. The van der Waals surface area contributed by atoms with E-state index in [2.05, 4.69) is 69.5 Å². The third-order valence-electron chi connectivity index (χ3n) is 3.22. The molecule has 0 saturated heterocycles. The zero-order valence-corrected chi connectivity index (χ0v) is 12.8. The molecule has 100 valence electrons. The van der Waals surface area contributed by atoms with Crippen LogP contribution in [-0.2, 0) is 6.54 Å². The molecule has 0 aliphatic heterocycles. The predicted octanol–water partition coefficient (Wildman–Crippen LogP) is 3.39. The highest BCUT2D eigenvalue weighted by Gasteiger charge is 2.20. The van der Waals surface area contributed by atoms with E-state index in [0.29, 0.717) is 6.04 Å². The lowest BCUT2D eigenvalue weighted by molar-refractivity contribution is 0.315. The average Bonchev–Trinajstić information content (AvgIpc) is 2.27. The molecular weight excluding hydrogens is 240 g/mol. The summed E-state index contributed by atoms with van der Waals surface area (Å²) in [5.74, 6) is 0. The largest absolute Gasteiger partial charge is 0.360 e. The van der Waals surface area contributed by atoms with Crippen molar-refractivity contribution in [2.75, 3.05) is 0 Å². The van der Waals surface area contributed by atoms with Crippen molar-refractivity contribution in [3.05, 3.63) is 35.4 Å².